The molecule has 0 aliphatic heterocycles. The number of aromatic nitrogens is 2. The smallest absolute Gasteiger partial charge is 0.229 e. The summed E-state index contributed by atoms with van der Waals surface area (Å²) in [6.07, 6.45) is 1.66. The quantitative estimate of drug-likeness (QED) is 0.792. The van der Waals surface area contributed by atoms with Crippen LogP contribution in [0.25, 0.3) is 0 Å². The number of rotatable bonds is 7. The summed E-state index contributed by atoms with van der Waals surface area (Å²) in [5.41, 5.74) is 5.06. The van der Waals surface area contributed by atoms with E-state index in [9.17, 15) is 0 Å². The molecular formula is C12H23N3O2. The van der Waals surface area contributed by atoms with Gasteiger partial charge in [0.25, 0.3) is 0 Å². The Morgan fingerprint density at radius 3 is 2.71 bits per heavy atom. The monoisotopic (exact) mass is 241 g/mol. The Kier molecular flexibility index (Phi) is 5.08. The van der Waals surface area contributed by atoms with Gasteiger partial charge >= 0.3 is 0 Å². The summed E-state index contributed by atoms with van der Waals surface area (Å²) in [5, 5.41) is 4.03. The van der Waals surface area contributed by atoms with E-state index in [2.05, 4.69) is 17.1 Å². The van der Waals surface area contributed by atoms with Crippen molar-refractivity contribution in [2.24, 2.45) is 5.73 Å². The third kappa shape index (κ3) is 3.26. The molecule has 1 heterocycles. The molecule has 0 amide bonds. The highest BCUT2D eigenvalue weighted by atomic mass is 16.5. The van der Waals surface area contributed by atoms with Gasteiger partial charge in [-0.2, -0.15) is 4.98 Å². The van der Waals surface area contributed by atoms with Gasteiger partial charge < -0.3 is 15.0 Å². The first-order valence-corrected chi connectivity index (χ1v) is 6.25. The summed E-state index contributed by atoms with van der Waals surface area (Å²) in [4.78, 5) is 4.43. The highest BCUT2D eigenvalue weighted by molar-refractivity contribution is 5.01. The van der Waals surface area contributed by atoms with Crippen molar-refractivity contribution in [1.29, 1.82) is 0 Å². The van der Waals surface area contributed by atoms with Crippen LogP contribution in [0.15, 0.2) is 4.52 Å². The van der Waals surface area contributed by atoms with Gasteiger partial charge in [0, 0.05) is 12.5 Å². The average Bonchev–Trinajstić information content (AvgIpc) is 2.79. The molecule has 2 N–H and O–H groups in total. The number of hydrogen-bond acceptors (Lipinski definition) is 5. The fraction of sp³-hybridized carbons (Fsp3) is 0.833. The van der Waals surface area contributed by atoms with Gasteiger partial charge in [0.15, 0.2) is 0 Å². The summed E-state index contributed by atoms with van der Waals surface area (Å²) in [6.45, 7) is 9.29. The Morgan fingerprint density at radius 2 is 2.18 bits per heavy atom. The van der Waals surface area contributed by atoms with Crippen molar-refractivity contribution in [3.63, 3.8) is 0 Å². The topological polar surface area (TPSA) is 74.2 Å². The molecule has 0 aromatic carbocycles. The van der Waals surface area contributed by atoms with E-state index in [-0.39, 0.29) is 5.92 Å². The van der Waals surface area contributed by atoms with Crippen molar-refractivity contribution in [2.75, 3.05) is 13.2 Å². The molecule has 0 saturated carbocycles. The molecule has 0 radical (unpaired) electrons. The third-order valence-electron chi connectivity index (χ3n) is 3.07. The van der Waals surface area contributed by atoms with Gasteiger partial charge in [0.1, 0.15) is 5.60 Å². The van der Waals surface area contributed by atoms with E-state index in [1.165, 1.54) is 0 Å². The number of nitrogens with zero attached hydrogens (tertiary/aromatic N) is 2. The Balaban J connectivity index is 2.85. The SMILES string of the molecule is CCOC(C)(CC)c1noc(C(C)CCN)n1. The minimum atomic E-state index is -0.459. The van der Waals surface area contributed by atoms with Gasteiger partial charge in [-0.05, 0) is 33.2 Å². The Labute approximate surface area is 103 Å². The van der Waals surface area contributed by atoms with E-state index in [1.54, 1.807) is 0 Å². The lowest BCUT2D eigenvalue weighted by atomic mass is 10.0. The maximum absolute atomic E-state index is 5.71. The molecule has 1 aromatic rings. The van der Waals surface area contributed by atoms with Crippen LogP contribution < -0.4 is 5.73 Å². The minimum Gasteiger partial charge on any atom is -0.367 e. The lowest BCUT2D eigenvalue weighted by molar-refractivity contribution is -0.0403. The molecule has 0 fully saturated rings. The zero-order chi connectivity index (χ0) is 12.9. The average molecular weight is 241 g/mol. The molecule has 0 aliphatic rings. The second kappa shape index (κ2) is 6.12. The molecule has 5 nitrogen and oxygen atoms in total. The first-order valence-electron chi connectivity index (χ1n) is 6.25. The van der Waals surface area contributed by atoms with Crippen LogP contribution in [0.3, 0.4) is 0 Å². The molecule has 98 valence electrons. The zero-order valence-electron chi connectivity index (χ0n) is 11.2. The van der Waals surface area contributed by atoms with Gasteiger partial charge in [-0.1, -0.05) is 19.0 Å². The minimum absolute atomic E-state index is 0.198. The van der Waals surface area contributed by atoms with Crippen LogP contribution in [0.2, 0.25) is 0 Å². The summed E-state index contributed by atoms with van der Waals surface area (Å²) in [5.74, 6) is 1.47. The fourth-order valence-corrected chi connectivity index (χ4v) is 1.67. The zero-order valence-corrected chi connectivity index (χ0v) is 11.2. The largest absolute Gasteiger partial charge is 0.367 e. The van der Waals surface area contributed by atoms with Crippen LogP contribution in [0.4, 0.5) is 0 Å². The standard InChI is InChI=1S/C12H23N3O2/c1-5-12(4,16-6-2)11-14-10(17-15-11)9(3)7-8-13/h9H,5-8,13H2,1-4H3. The molecule has 1 rings (SSSR count). The lowest BCUT2D eigenvalue weighted by Gasteiger charge is -2.23. The van der Waals surface area contributed by atoms with Gasteiger partial charge in [-0.25, -0.2) is 0 Å². The van der Waals surface area contributed by atoms with Crippen molar-refractivity contribution in [2.45, 2.75) is 52.1 Å². The van der Waals surface area contributed by atoms with E-state index in [0.29, 0.717) is 24.9 Å². The van der Waals surface area contributed by atoms with Gasteiger partial charge in [-0.3, -0.25) is 0 Å². The second-order valence-corrected chi connectivity index (χ2v) is 4.45. The van der Waals surface area contributed by atoms with Crippen LogP contribution in [0.1, 0.15) is 58.2 Å². The molecule has 0 spiro atoms. The first kappa shape index (κ1) is 14.1. The highest BCUT2D eigenvalue weighted by Gasteiger charge is 2.31. The number of hydrogen-bond donors (Lipinski definition) is 1. The lowest BCUT2D eigenvalue weighted by Crippen LogP contribution is -2.26. The van der Waals surface area contributed by atoms with Crippen LogP contribution in [-0.2, 0) is 10.3 Å². The van der Waals surface area contributed by atoms with Crippen LogP contribution >= 0.6 is 0 Å². The molecule has 0 bridgehead atoms. The van der Waals surface area contributed by atoms with E-state index < -0.39 is 5.60 Å². The molecule has 2 atom stereocenters. The van der Waals surface area contributed by atoms with Gasteiger partial charge in [0.2, 0.25) is 11.7 Å². The first-order chi connectivity index (χ1) is 8.07. The summed E-state index contributed by atoms with van der Waals surface area (Å²) in [7, 11) is 0. The van der Waals surface area contributed by atoms with Gasteiger partial charge in [-0.15, -0.1) is 0 Å². The third-order valence-corrected chi connectivity index (χ3v) is 3.07. The number of nitrogens with two attached hydrogens (primary N) is 1. The summed E-state index contributed by atoms with van der Waals surface area (Å²) in [6, 6.07) is 0. The summed E-state index contributed by atoms with van der Waals surface area (Å²) < 4.78 is 11.0. The van der Waals surface area contributed by atoms with Crippen molar-refractivity contribution in [3.05, 3.63) is 11.7 Å². The van der Waals surface area contributed by atoms with Gasteiger partial charge in [0.05, 0.1) is 0 Å². The van der Waals surface area contributed by atoms with Crippen LogP contribution in [0.5, 0.6) is 0 Å². The molecule has 1 aromatic heterocycles. The Morgan fingerprint density at radius 1 is 1.47 bits per heavy atom. The maximum atomic E-state index is 5.71. The van der Waals surface area contributed by atoms with Crippen LogP contribution in [-0.4, -0.2) is 23.3 Å². The highest BCUT2D eigenvalue weighted by Crippen LogP contribution is 2.28. The second-order valence-electron chi connectivity index (χ2n) is 4.45. The molecular weight excluding hydrogens is 218 g/mol. The molecule has 2 unspecified atom stereocenters. The summed E-state index contributed by atoms with van der Waals surface area (Å²) >= 11 is 0. The molecule has 0 aliphatic carbocycles. The van der Waals surface area contributed by atoms with Crippen LogP contribution in [0, 0.1) is 0 Å². The molecule has 17 heavy (non-hydrogen) atoms. The number of ether oxygens (including phenoxy) is 1. The van der Waals surface area contributed by atoms with Crippen molar-refractivity contribution < 1.29 is 9.26 Å². The van der Waals surface area contributed by atoms with E-state index in [4.69, 9.17) is 15.0 Å². The predicted octanol–water partition coefficient (Wildman–Crippen LogP) is 2.18. The van der Waals surface area contributed by atoms with Crippen molar-refractivity contribution in [1.82, 2.24) is 10.1 Å². The fourth-order valence-electron chi connectivity index (χ4n) is 1.67. The van der Waals surface area contributed by atoms with E-state index >= 15 is 0 Å². The normalized spacial score (nSPS) is 16.8. The van der Waals surface area contributed by atoms with E-state index in [0.717, 1.165) is 12.8 Å². The molecule has 5 heteroatoms. The Bertz CT molecular complexity index is 340. The maximum Gasteiger partial charge on any atom is 0.229 e. The van der Waals surface area contributed by atoms with E-state index in [1.807, 2.05) is 20.8 Å². The van der Waals surface area contributed by atoms with Crippen molar-refractivity contribution in [3.8, 4) is 0 Å². The predicted molar refractivity (Wildman–Crippen MR) is 65.7 cm³/mol. The Hall–Kier alpha value is -0.940. The molecule has 0 saturated heterocycles. The van der Waals surface area contributed by atoms with Crippen molar-refractivity contribution >= 4 is 0 Å².